The number of amides is 1. The minimum atomic E-state index is 0.0320. The molecule has 4 nitrogen and oxygen atoms in total. The number of fused-ring (bicyclic) bond motifs is 1. The lowest BCUT2D eigenvalue weighted by molar-refractivity contribution is 0.0786. The van der Waals surface area contributed by atoms with E-state index in [2.05, 4.69) is 25.6 Å². The molecule has 0 unspecified atom stereocenters. The van der Waals surface area contributed by atoms with Gasteiger partial charge >= 0.3 is 0 Å². The van der Waals surface area contributed by atoms with Gasteiger partial charge in [0, 0.05) is 24.8 Å². The third-order valence-electron chi connectivity index (χ3n) is 4.72. The van der Waals surface area contributed by atoms with Crippen LogP contribution in [0.25, 0.3) is 5.69 Å². The van der Waals surface area contributed by atoms with Crippen LogP contribution in [0.2, 0.25) is 0 Å². The molecule has 0 saturated carbocycles. The lowest BCUT2D eigenvalue weighted by atomic mass is 10.1. The molecule has 1 aliphatic rings. The molecular formula is C20H25N3O. The van der Waals surface area contributed by atoms with Gasteiger partial charge in [-0.15, -0.1) is 6.58 Å². The Kier molecular flexibility index (Phi) is 4.84. The van der Waals surface area contributed by atoms with Crippen LogP contribution in [-0.2, 0) is 12.8 Å². The number of carbonyl (C=O) groups excluding carboxylic acids is 1. The predicted molar refractivity (Wildman–Crippen MR) is 96.7 cm³/mol. The number of para-hydroxylation sites is 1. The molecule has 1 amide bonds. The minimum Gasteiger partial charge on any atom is -0.340 e. The largest absolute Gasteiger partial charge is 0.340 e. The fraction of sp³-hybridized carbons (Fsp3) is 0.400. The van der Waals surface area contributed by atoms with Crippen LogP contribution in [0.3, 0.4) is 0 Å². The molecule has 24 heavy (non-hydrogen) atoms. The number of rotatable bonds is 6. The van der Waals surface area contributed by atoms with Crippen molar-refractivity contribution in [3.8, 4) is 5.69 Å². The van der Waals surface area contributed by atoms with E-state index in [1.165, 1.54) is 11.3 Å². The van der Waals surface area contributed by atoms with Crippen LogP contribution in [0.1, 0.15) is 46.6 Å². The van der Waals surface area contributed by atoms with Gasteiger partial charge in [0.15, 0.2) is 5.69 Å². The number of benzene rings is 1. The molecule has 0 saturated heterocycles. The molecule has 0 spiro atoms. The third-order valence-corrected chi connectivity index (χ3v) is 4.72. The summed E-state index contributed by atoms with van der Waals surface area (Å²) >= 11 is 0. The lowest BCUT2D eigenvalue weighted by Crippen LogP contribution is -2.29. The Morgan fingerprint density at radius 1 is 1.38 bits per heavy atom. The molecule has 1 aromatic heterocycles. The number of hydrogen-bond donors (Lipinski definition) is 0. The fourth-order valence-electron chi connectivity index (χ4n) is 3.36. The standard InChI is InChI=1S/C20H25N3O/c1-4-5-8-14-22(3)20(24)19-16-11-9-13-18(16)23(21-19)17-12-7-6-10-15(17)2/h4,6-7,10,12H,1,5,8-9,11,13-14H2,2-3H3. The average Bonchev–Trinajstić information content (AvgIpc) is 3.17. The van der Waals surface area contributed by atoms with Gasteiger partial charge in [-0.05, 0) is 50.7 Å². The second-order valence-electron chi connectivity index (χ2n) is 6.48. The Morgan fingerprint density at radius 3 is 2.92 bits per heavy atom. The topological polar surface area (TPSA) is 38.1 Å². The first-order valence-electron chi connectivity index (χ1n) is 8.66. The van der Waals surface area contributed by atoms with Gasteiger partial charge in [0.25, 0.3) is 5.91 Å². The first-order valence-corrected chi connectivity index (χ1v) is 8.66. The zero-order chi connectivity index (χ0) is 17.1. The van der Waals surface area contributed by atoms with Crippen molar-refractivity contribution in [2.24, 2.45) is 0 Å². The summed E-state index contributed by atoms with van der Waals surface area (Å²) in [4.78, 5) is 14.6. The molecule has 0 fully saturated rings. The first-order chi connectivity index (χ1) is 11.6. The highest BCUT2D eigenvalue weighted by Crippen LogP contribution is 2.29. The van der Waals surface area contributed by atoms with Crippen molar-refractivity contribution in [2.45, 2.75) is 39.0 Å². The molecule has 0 bridgehead atoms. The smallest absolute Gasteiger partial charge is 0.274 e. The molecule has 2 aromatic rings. The highest BCUT2D eigenvalue weighted by atomic mass is 16.2. The highest BCUT2D eigenvalue weighted by molar-refractivity contribution is 5.94. The molecule has 0 aliphatic heterocycles. The summed E-state index contributed by atoms with van der Waals surface area (Å²) in [5.41, 5.74) is 5.22. The number of hydrogen-bond acceptors (Lipinski definition) is 2. The van der Waals surface area contributed by atoms with E-state index in [1.807, 2.05) is 29.9 Å². The Morgan fingerprint density at radius 2 is 2.17 bits per heavy atom. The average molecular weight is 323 g/mol. The minimum absolute atomic E-state index is 0.0320. The quantitative estimate of drug-likeness (QED) is 0.600. The molecule has 1 aliphatic carbocycles. The zero-order valence-electron chi connectivity index (χ0n) is 14.6. The number of allylic oxidation sites excluding steroid dienone is 1. The van der Waals surface area contributed by atoms with Gasteiger partial charge in [-0.2, -0.15) is 5.10 Å². The van der Waals surface area contributed by atoms with E-state index in [4.69, 9.17) is 5.10 Å². The highest BCUT2D eigenvalue weighted by Gasteiger charge is 2.28. The Bertz CT molecular complexity index is 760. The van der Waals surface area contributed by atoms with Crippen LogP contribution in [0.4, 0.5) is 0 Å². The first kappa shape index (κ1) is 16.5. The molecule has 0 radical (unpaired) electrons. The van der Waals surface area contributed by atoms with Gasteiger partial charge in [0.1, 0.15) is 0 Å². The van der Waals surface area contributed by atoms with Crippen molar-refractivity contribution in [3.05, 3.63) is 59.4 Å². The second kappa shape index (κ2) is 7.04. The fourth-order valence-corrected chi connectivity index (χ4v) is 3.36. The summed E-state index contributed by atoms with van der Waals surface area (Å²) in [6.45, 7) is 6.55. The van der Waals surface area contributed by atoms with Gasteiger partial charge in [0.05, 0.1) is 5.69 Å². The maximum atomic E-state index is 12.9. The summed E-state index contributed by atoms with van der Waals surface area (Å²) in [6, 6.07) is 8.21. The molecule has 1 heterocycles. The van der Waals surface area contributed by atoms with Gasteiger partial charge in [-0.1, -0.05) is 24.3 Å². The Hall–Kier alpha value is -2.36. The second-order valence-corrected chi connectivity index (χ2v) is 6.48. The van der Waals surface area contributed by atoms with E-state index in [9.17, 15) is 4.79 Å². The van der Waals surface area contributed by atoms with E-state index in [0.717, 1.165) is 49.9 Å². The number of unbranched alkanes of at least 4 members (excludes halogenated alkanes) is 1. The number of nitrogens with zero attached hydrogens (tertiary/aromatic N) is 3. The van der Waals surface area contributed by atoms with Crippen molar-refractivity contribution in [2.75, 3.05) is 13.6 Å². The van der Waals surface area contributed by atoms with Crippen LogP contribution in [0.15, 0.2) is 36.9 Å². The van der Waals surface area contributed by atoms with Crippen LogP contribution in [-0.4, -0.2) is 34.2 Å². The van der Waals surface area contributed by atoms with Crippen molar-refractivity contribution in [1.82, 2.24) is 14.7 Å². The van der Waals surface area contributed by atoms with Crippen LogP contribution >= 0.6 is 0 Å². The summed E-state index contributed by atoms with van der Waals surface area (Å²) in [7, 11) is 1.86. The summed E-state index contributed by atoms with van der Waals surface area (Å²) in [6.07, 6.45) is 6.79. The molecule has 0 N–H and O–H groups in total. The molecular weight excluding hydrogens is 298 g/mol. The van der Waals surface area contributed by atoms with Crippen LogP contribution in [0.5, 0.6) is 0 Å². The van der Waals surface area contributed by atoms with Crippen molar-refractivity contribution in [1.29, 1.82) is 0 Å². The van der Waals surface area contributed by atoms with Crippen molar-refractivity contribution >= 4 is 5.91 Å². The predicted octanol–water partition coefficient (Wildman–Crippen LogP) is 3.71. The van der Waals surface area contributed by atoms with E-state index in [1.54, 1.807) is 4.90 Å². The normalized spacial score (nSPS) is 12.9. The molecule has 4 heteroatoms. The van der Waals surface area contributed by atoms with Gasteiger partial charge in [0.2, 0.25) is 0 Å². The van der Waals surface area contributed by atoms with E-state index in [-0.39, 0.29) is 5.91 Å². The monoisotopic (exact) mass is 323 g/mol. The van der Waals surface area contributed by atoms with Crippen molar-refractivity contribution < 1.29 is 4.79 Å². The van der Waals surface area contributed by atoms with E-state index < -0.39 is 0 Å². The summed E-state index contributed by atoms with van der Waals surface area (Å²) in [5, 5.41) is 4.72. The molecule has 1 aromatic carbocycles. The maximum Gasteiger partial charge on any atom is 0.274 e. The van der Waals surface area contributed by atoms with Crippen LogP contribution < -0.4 is 0 Å². The molecule has 0 atom stereocenters. The molecule has 126 valence electrons. The third kappa shape index (κ3) is 3.01. The Labute approximate surface area is 143 Å². The van der Waals surface area contributed by atoms with Crippen molar-refractivity contribution in [3.63, 3.8) is 0 Å². The number of carbonyl (C=O) groups is 1. The van der Waals surface area contributed by atoms with Gasteiger partial charge < -0.3 is 4.90 Å². The number of aryl methyl sites for hydroxylation is 1. The Balaban J connectivity index is 1.93. The summed E-state index contributed by atoms with van der Waals surface area (Å²) < 4.78 is 1.99. The number of aromatic nitrogens is 2. The lowest BCUT2D eigenvalue weighted by Gasteiger charge is -2.16. The van der Waals surface area contributed by atoms with E-state index in [0.29, 0.717) is 5.69 Å². The molecule has 3 rings (SSSR count). The van der Waals surface area contributed by atoms with E-state index >= 15 is 0 Å². The SMILES string of the molecule is C=CCCCN(C)C(=O)c1nn(-c2ccccc2C)c2c1CCC2. The van der Waals surface area contributed by atoms with Gasteiger partial charge in [-0.3, -0.25) is 4.79 Å². The summed E-state index contributed by atoms with van der Waals surface area (Å²) in [5.74, 6) is 0.0320. The maximum absolute atomic E-state index is 12.9. The van der Waals surface area contributed by atoms with Crippen LogP contribution in [0, 0.1) is 6.92 Å². The zero-order valence-corrected chi connectivity index (χ0v) is 14.6. The van der Waals surface area contributed by atoms with Gasteiger partial charge in [-0.25, -0.2) is 4.68 Å².